The van der Waals surface area contributed by atoms with Gasteiger partial charge in [-0.25, -0.2) is 0 Å². The van der Waals surface area contributed by atoms with Crippen molar-refractivity contribution < 1.29 is 5.11 Å². The molecule has 1 saturated heterocycles. The zero-order valence-corrected chi connectivity index (χ0v) is 19.9. The second-order valence-corrected chi connectivity index (χ2v) is 10.8. The van der Waals surface area contributed by atoms with E-state index in [4.69, 9.17) is 0 Å². The summed E-state index contributed by atoms with van der Waals surface area (Å²) in [5, 5.41) is 15.0. The maximum atomic E-state index is 11.6. The lowest BCUT2D eigenvalue weighted by molar-refractivity contribution is 0.0455. The van der Waals surface area contributed by atoms with Gasteiger partial charge in [-0.2, -0.15) is 0 Å². The molecule has 2 unspecified atom stereocenters. The summed E-state index contributed by atoms with van der Waals surface area (Å²) in [6.07, 6.45) is 6.22. The lowest BCUT2D eigenvalue weighted by Crippen LogP contribution is -2.48. The Kier molecular flexibility index (Phi) is 7.23. The SMILES string of the molecule is OC(c1csc2ccccc12)C(CC1CCCC1)CN1CCN(Cc2ccccc2)CC1. The lowest BCUT2D eigenvalue weighted by Gasteiger charge is -2.38. The fourth-order valence-corrected chi connectivity index (χ4v) is 6.75. The third-order valence-electron chi connectivity index (χ3n) is 7.59. The number of hydrogen-bond acceptors (Lipinski definition) is 4. The Morgan fingerprint density at radius 2 is 1.56 bits per heavy atom. The molecule has 2 aromatic carbocycles. The van der Waals surface area contributed by atoms with Gasteiger partial charge < -0.3 is 10.0 Å². The van der Waals surface area contributed by atoms with E-state index >= 15 is 0 Å². The van der Waals surface area contributed by atoms with Crippen molar-refractivity contribution in [2.45, 2.75) is 44.8 Å². The van der Waals surface area contributed by atoms with Gasteiger partial charge in [0.1, 0.15) is 0 Å². The summed E-state index contributed by atoms with van der Waals surface area (Å²) in [6.45, 7) is 6.49. The minimum atomic E-state index is -0.367. The van der Waals surface area contributed by atoms with E-state index in [1.54, 1.807) is 11.3 Å². The van der Waals surface area contributed by atoms with Gasteiger partial charge in [-0.05, 0) is 40.3 Å². The van der Waals surface area contributed by atoms with Crippen molar-refractivity contribution in [2.75, 3.05) is 32.7 Å². The molecule has 170 valence electrons. The van der Waals surface area contributed by atoms with Gasteiger partial charge in [0.25, 0.3) is 0 Å². The highest BCUT2D eigenvalue weighted by atomic mass is 32.1. The Labute approximate surface area is 196 Å². The minimum absolute atomic E-state index is 0.316. The van der Waals surface area contributed by atoms with Gasteiger partial charge in [0.15, 0.2) is 0 Å². The number of thiophene rings is 1. The van der Waals surface area contributed by atoms with Crippen molar-refractivity contribution in [3.63, 3.8) is 0 Å². The predicted octanol–water partition coefficient (Wildman–Crippen LogP) is 5.95. The van der Waals surface area contributed by atoms with Crippen molar-refractivity contribution in [1.29, 1.82) is 0 Å². The average molecular weight is 449 g/mol. The second kappa shape index (κ2) is 10.5. The number of fused-ring (bicyclic) bond motifs is 1. The number of rotatable bonds is 8. The van der Waals surface area contributed by atoms with Gasteiger partial charge in [0.2, 0.25) is 0 Å². The van der Waals surface area contributed by atoms with Crippen molar-refractivity contribution in [3.8, 4) is 0 Å². The highest BCUT2D eigenvalue weighted by Gasteiger charge is 2.30. The van der Waals surface area contributed by atoms with E-state index in [1.165, 1.54) is 41.3 Å². The molecule has 32 heavy (non-hydrogen) atoms. The Hall–Kier alpha value is -1.72. The molecule has 4 heteroatoms. The standard InChI is InChI=1S/C28H36N2OS/c31-28(26-21-32-27-13-7-6-12-25(26)27)24(18-22-8-4-5-9-22)20-30-16-14-29(15-17-30)19-23-10-2-1-3-11-23/h1-3,6-7,10-13,21-22,24,28,31H,4-5,8-9,14-20H2. The Bertz CT molecular complexity index is 973. The number of aliphatic hydroxyl groups is 1. The van der Waals surface area contributed by atoms with Crippen molar-refractivity contribution >= 4 is 21.4 Å². The summed E-state index contributed by atoms with van der Waals surface area (Å²) in [6, 6.07) is 19.4. The third-order valence-corrected chi connectivity index (χ3v) is 8.58. The topological polar surface area (TPSA) is 26.7 Å². The Morgan fingerprint density at radius 1 is 0.875 bits per heavy atom. The second-order valence-electron chi connectivity index (χ2n) is 9.84. The molecule has 3 aromatic rings. The van der Waals surface area contributed by atoms with E-state index in [0.717, 1.165) is 57.2 Å². The minimum Gasteiger partial charge on any atom is -0.388 e. The average Bonchev–Trinajstić information content (AvgIpc) is 3.50. The molecule has 2 heterocycles. The monoisotopic (exact) mass is 448 g/mol. The number of aliphatic hydroxyl groups excluding tert-OH is 1. The zero-order valence-electron chi connectivity index (χ0n) is 19.0. The molecular formula is C28H36N2OS. The van der Waals surface area contributed by atoms with Crippen LogP contribution in [-0.2, 0) is 6.54 Å². The molecule has 2 atom stereocenters. The summed E-state index contributed by atoms with van der Waals surface area (Å²) in [5.41, 5.74) is 2.55. The summed E-state index contributed by atoms with van der Waals surface area (Å²) < 4.78 is 1.29. The van der Waals surface area contributed by atoms with Crippen LogP contribution in [0.4, 0.5) is 0 Å². The quantitative estimate of drug-likeness (QED) is 0.461. The van der Waals surface area contributed by atoms with Gasteiger partial charge in [0, 0.05) is 49.9 Å². The molecule has 0 amide bonds. The van der Waals surface area contributed by atoms with E-state index in [1.807, 2.05) is 0 Å². The van der Waals surface area contributed by atoms with Crippen molar-refractivity contribution in [2.24, 2.45) is 11.8 Å². The smallest absolute Gasteiger partial charge is 0.0844 e. The van der Waals surface area contributed by atoms with Crippen LogP contribution in [-0.4, -0.2) is 47.6 Å². The Morgan fingerprint density at radius 3 is 2.34 bits per heavy atom. The van der Waals surface area contributed by atoms with E-state index in [2.05, 4.69) is 69.8 Å². The number of nitrogens with zero attached hydrogens (tertiary/aromatic N) is 2. The first-order valence-electron chi connectivity index (χ1n) is 12.4. The van der Waals surface area contributed by atoms with Crippen LogP contribution in [0.25, 0.3) is 10.1 Å². The largest absolute Gasteiger partial charge is 0.388 e. The lowest BCUT2D eigenvalue weighted by atomic mass is 9.85. The maximum Gasteiger partial charge on any atom is 0.0844 e. The first-order chi connectivity index (χ1) is 15.8. The van der Waals surface area contributed by atoms with E-state index in [9.17, 15) is 5.11 Å². The number of hydrogen-bond donors (Lipinski definition) is 1. The molecule has 1 saturated carbocycles. The first kappa shape index (κ1) is 22.1. The molecule has 5 rings (SSSR count). The van der Waals surface area contributed by atoms with Crippen LogP contribution in [0.5, 0.6) is 0 Å². The van der Waals surface area contributed by atoms with Gasteiger partial charge >= 0.3 is 0 Å². The van der Waals surface area contributed by atoms with E-state index in [0.29, 0.717) is 5.92 Å². The molecular weight excluding hydrogens is 412 g/mol. The highest BCUT2D eigenvalue weighted by Crippen LogP contribution is 2.39. The third kappa shape index (κ3) is 5.26. The fraction of sp³-hybridized carbons (Fsp3) is 0.500. The van der Waals surface area contributed by atoms with Crippen molar-refractivity contribution in [3.05, 3.63) is 71.1 Å². The van der Waals surface area contributed by atoms with Crippen LogP contribution in [0.15, 0.2) is 60.0 Å². The molecule has 1 aliphatic heterocycles. The fourth-order valence-electron chi connectivity index (χ4n) is 5.76. The summed E-state index contributed by atoms with van der Waals surface area (Å²) in [7, 11) is 0. The molecule has 0 spiro atoms. The van der Waals surface area contributed by atoms with Gasteiger partial charge in [-0.1, -0.05) is 74.2 Å². The Balaban J connectivity index is 1.24. The van der Waals surface area contributed by atoms with Crippen LogP contribution in [0, 0.1) is 11.8 Å². The number of piperazine rings is 1. The summed E-state index contributed by atoms with van der Waals surface area (Å²) in [4.78, 5) is 5.18. The van der Waals surface area contributed by atoms with Crippen LogP contribution in [0.3, 0.4) is 0 Å². The van der Waals surface area contributed by atoms with Crippen LogP contribution >= 0.6 is 11.3 Å². The van der Waals surface area contributed by atoms with E-state index in [-0.39, 0.29) is 6.10 Å². The van der Waals surface area contributed by atoms with E-state index < -0.39 is 0 Å². The molecule has 2 fully saturated rings. The molecule has 1 aliphatic carbocycles. The first-order valence-corrected chi connectivity index (χ1v) is 13.3. The molecule has 0 bridgehead atoms. The van der Waals surface area contributed by atoms with Crippen molar-refractivity contribution in [1.82, 2.24) is 9.80 Å². The summed E-state index contributed by atoms with van der Waals surface area (Å²) >= 11 is 1.77. The molecule has 1 aromatic heterocycles. The van der Waals surface area contributed by atoms with Gasteiger partial charge in [-0.15, -0.1) is 11.3 Å². The summed E-state index contributed by atoms with van der Waals surface area (Å²) in [5.74, 6) is 1.11. The van der Waals surface area contributed by atoms with Gasteiger partial charge in [-0.3, -0.25) is 4.90 Å². The van der Waals surface area contributed by atoms with Gasteiger partial charge in [0.05, 0.1) is 6.10 Å². The number of benzene rings is 2. The molecule has 2 aliphatic rings. The normalized spacial score (nSPS) is 20.7. The maximum absolute atomic E-state index is 11.6. The van der Waals surface area contributed by atoms with Crippen LogP contribution in [0.1, 0.15) is 49.3 Å². The molecule has 3 nitrogen and oxygen atoms in total. The van der Waals surface area contributed by atoms with Crippen LogP contribution < -0.4 is 0 Å². The molecule has 0 radical (unpaired) electrons. The zero-order chi connectivity index (χ0) is 21.8. The van der Waals surface area contributed by atoms with Crippen LogP contribution in [0.2, 0.25) is 0 Å². The predicted molar refractivity (Wildman–Crippen MR) is 135 cm³/mol. The molecule has 1 N–H and O–H groups in total. The highest BCUT2D eigenvalue weighted by molar-refractivity contribution is 7.17.